The second-order valence-electron chi connectivity index (χ2n) is 5.39. The third kappa shape index (κ3) is 3.69. The molecule has 0 radical (unpaired) electrons. The second kappa shape index (κ2) is 6.55. The molecule has 1 atom stereocenters. The van der Waals surface area contributed by atoms with E-state index in [0.717, 1.165) is 24.7 Å². The quantitative estimate of drug-likeness (QED) is 0.646. The van der Waals surface area contributed by atoms with Gasteiger partial charge in [0.1, 0.15) is 11.5 Å². The van der Waals surface area contributed by atoms with Crippen LogP contribution in [0.15, 0.2) is 18.3 Å². The van der Waals surface area contributed by atoms with Crippen LogP contribution < -0.4 is 10.6 Å². The number of pyridine rings is 1. The molecular formula is C15H24N4. The summed E-state index contributed by atoms with van der Waals surface area (Å²) >= 11 is 0. The average Bonchev–Trinajstić information content (AvgIpc) is 2.65. The Hall–Kier alpha value is -1.58. The van der Waals surface area contributed by atoms with Crippen LogP contribution in [-0.4, -0.2) is 23.9 Å². The molecule has 1 fully saturated rings. The van der Waals surface area contributed by atoms with E-state index in [4.69, 9.17) is 11.1 Å². The monoisotopic (exact) mass is 260 g/mol. The molecule has 0 aliphatic carbocycles. The first kappa shape index (κ1) is 13.8. The van der Waals surface area contributed by atoms with E-state index in [1.165, 1.54) is 32.1 Å². The van der Waals surface area contributed by atoms with E-state index in [0.29, 0.717) is 5.69 Å². The third-order valence-corrected chi connectivity index (χ3v) is 3.93. The fourth-order valence-electron chi connectivity index (χ4n) is 2.88. The number of nitrogen functional groups attached to an aromatic ring is 1. The van der Waals surface area contributed by atoms with Crippen molar-refractivity contribution in [2.75, 3.05) is 18.0 Å². The van der Waals surface area contributed by atoms with E-state index in [9.17, 15) is 0 Å². The van der Waals surface area contributed by atoms with Crippen molar-refractivity contribution in [2.24, 2.45) is 11.7 Å². The number of aromatic nitrogens is 1. The highest BCUT2D eigenvalue weighted by molar-refractivity contribution is 5.93. The first-order valence-corrected chi connectivity index (χ1v) is 7.26. The van der Waals surface area contributed by atoms with Crippen LogP contribution in [0.2, 0.25) is 0 Å². The number of nitrogens with zero attached hydrogens (tertiary/aromatic N) is 2. The van der Waals surface area contributed by atoms with E-state index >= 15 is 0 Å². The molecule has 0 amide bonds. The molecular weight excluding hydrogens is 236 g/mol. The van der Waals surface area contributed by atoms with E-state index in [2.05, 4.69) is 16.8 Å². The maximum absolute atomic E-state index is 7.47. The lowest BCUT2D eigenvalue weighted by molar-refractivity contribution is 0.435. The van der Waals surface area contributed by atoms with Gasteiger partial charge in [-0.3, -0.25) is 10.4 Å². The van der Waals surface area contributed by atoms with Crippen molar-refractivity contribution < 1.29 is 0 Å². The fourth-order valence-corrected chi connectivity index (χ4v) is 2.88. The van der Waals surface area contributed by atoms with Crippen molar-refractivity contribution in [3.05, 3.63) is 24.0 Å². The summed E-state index contributed by atoms with van der Waals surface area (Å²) in [4.78, 5) is 6.53. The molecule has 1 aliphatic rings. The third-order valence-electron chi connectivity index (χ3n) is 3.93. The molecule has 0 aromatic carbocycles. The smallest absolute Gasteiger partial charge is 0.141 e. The summed E-state index contributed by atoms with van der Waals surface area (Å²) in [5, 5.41) is 7.47. The minimum atomic E-state index is 0.0422. The Kier molecular flexibility index (Phi) is 4.77. The Morgan fingerprint density at radius 3 is 3.05 bits per heavy atom. The van der Waals surface area contributed by atoms with Gasteiger partial charge in [0.25, 0.3) is 0 Å². The Morgan fingerprint density at radius 2 is 2.32 bits per heavy atom. The zero-order chi connectivity index (χ0) is 13.7. The van der Waals surface area contributed by atoms with Gasteiger partial charge in [0.2, 0.25) is 0 Å². The summed E-state index contributed by atoms with van der Waals surface area (Å²) < 4.78 is 0. The molecule has 4 heteroatoms. The lowest BCUT2D eigenvalue weighted by Crippen LogP contribution is -2.25. The molecule has 2 rings (SSSR count). The Bertz CT molecular complexity index is 430. The number of amidine groups is 1. The summed E-state index contributed by atoms with van der Waals surface area (Å²) in [6.45, 7) is 4.47. The maximum atomic E-state index is 7.47. The lowest BCUT2D eigenvalue weighted by Gasteiger charge is -2.23. The van der Waals surface area contributed by atoms with Gasteiger partial charge in [-0.25, -0.2) is 0 Å². The Morgan fingerprint density at radius 1 is 1.47 bits per heavy atom. The van der Waals surface area contributed by atoms with Crippen LogP contribution >= 0.6 is 0 Å². The van der Waals surface area contributed by atoms with E-state index < -0.39 is 0 Å². The van der Waals surface area contributed by atoms with Crippen LogP contribution in [0.25, 0.3) is 0 Å². The summed E-state index contributed by atoms with van der Waals surface area (Å²) in [6.07, 6.45) is 8.25. The van der Waals surface area contributed by atoms with Gasteiger partial charge in [0, 0.05) is 25.0 Å². The zero-order valence-corrected chi connectivity index (χ0v) is 11.7. The molecule has 0 bridgehead atoms. The van der Waals surface area contributed by atoms with Gasteiger partial charge >= 0.3 is 0 Å². The summed E-state index contributed by atoms with van der Waals surface area (Å²) in [5.74, 6) is 0.921. The van der Waals surface area contributed by atoms with Gasteiger partial charge in [-0.1, -0.05) is 19.8 Å². The number of hydrogen-bond donors (Lipinski definition) is 2. The van der Waals surface area contributed by atoms with Crippen molar-refractivity contribution in [1.82, 2.24) is 4.98 Å². The molecule has 1 unspecified atom stereocenters. The highest BCUT2D eigenvalue weighted by Gasteiger charge is 2.17. The van der Waals surface area contributed by atoms with Crippen LogP contribution in [0.3, 0.4) is 0 Å². The molecule has 1 saturated heterocycles. The van der Waals surface area contributed by atoms with Crippen LogP contribution in [0.1, 0.15) is 44.7 Å². The van der Waals surface area contributed by atoms with E-state index in [-0.39, 0.29) is 5.84 Å². The Labute approximate surface area is 115 Å². The molecule has 4 nitrogen and oxygen atoms in total. The summed E-state index contributed by atoms with van der Waals surface area (Å²) in [5.41, 5.74) is 7.23. The van der Waals surface area contributed by atoms with Gasteiger partial charge in [-0.2, -0.15) is 0 Å². The summed E-state index contributed by atoms with van der Waals surface area (Å²) in [7, 11) is 0. The SMILES string of the molecule is CCCC1CCCN(c2ccnc(C(=N)N)c2)CC1. The topological polar surface area (TPSA) is 66.0 Å². The van der Waals surface area contributed by atoms with Crippen molar-refractivity contribution in [1.29, 1.82) is 5.41 Å². The molecule has 1 aromatic rings. The highest BCUT2D eigenvalue weighted by Crippen LogP contribution is 2.25. The second-order valence-corrected chi connectivity index (χ2v) is 5.39. The van der Waals surface area contributed by atoms with Crippen LogP contribution in [-0.2, 0) is 0 Å². The standard InChI is InChI=1S/C15H24N4/c1-2-4-12-5-3-9-19(10-7-12)13-6-8-18-14(11-13)15(16)17/h6,8,11-12H,2-5,7,9-10H2,1H3,(H3,16,17). The number of nitrogens with one attached hydrogen (secondary N) is 1. The minimum Gasteiger partial charge on any atom is -0.382 e. The predicted molar refractivity (Wildman–Crippen MR) is 79.7 cm³/mol. The van der Waals surface area contributed by atoms with E-state index in [1.54, 1.807) is 6.20 Å². The molecule has 0 saturated carbocycles. The first-order chi connectivity index (χ1) is 9.20. The average molecular weight is 260 g/mol. The number of hydrogen-bond acceptors (Lipinski definition) is 3. The molecule has 104 valence electrons. The lowest BCUT2D eigenvalue weighted by atomic mass is 9.96. The number of rotatable bonds is 4. The number of anilines is 1. The largest absolute Gasteiger partial charge is 0.382 e. The number of nitrogens with two attached hydrogens (primary N) is 1. The molecule has 0 spiro atoms. The molecule has 3 N–H and O–H groups in total. The molecule has 1 aliphatic heterocycles. The van der Waals surface area contributed by atoms with Crippen molar-refractivity contribution in [3.63, 3.8) is 0 Å². The highest BCUT2D eigenvalue weighted by atomic mass is 15.1. The first-order valence-electron chi connectivity index (χ1n) is 7.26. The summed E-state index contributed by atoms with van der Waals surface area (Å²) in [6, 6.07) is 3.95. The maximum Gasteiger partial charge on any atom is 0.141 e. The van der Waals surface area contributed by atoms with Gasteiger partial charge < -0.3 is 10.6 Å². The van der Waals surface area contributed by atoms with Gasteiger partial charge in [-0.15, -0.1) is 0 Å². The van der Waals surface area contributed by atoms with Crippen molar-refractivity contribution >= 4 is 11.5 Å². The van der Waals surface area contributed by atoms with Crippen LogP contribution in [0.4, 0.5) is 5.69 Å². The van der Waals surface area contributed by atoms with E-state index in [1.807, 2.05) is 12.1 Å². The molecule has 2 heterocycles. The van der Waals surface area contributed by atoms with Crippen molar-refractivity contribution in [3.8, 4) is 0 Å². The predicted octanol–water partition coefficient (Wildman–Crippen LogP) is 2.77. The molecule has 1 aromatic heterocycles. The fraction of sp³-hybridized carbons (Fsp3) is 0.600. The normalized spacial score (nSPS) is 20.1. The molecule has 19 heavy (non-hydrogen) atoms. The van der Waals surface area contributed by atoms with Crippen LogP contribution in [0.5, 0.6) is 0 Å². The minimum absolute atomic E-state index is 0.0422. The van der Waals surface area contributed by atoms with Crippen LogP contribution in [0, 0.1) is 11.3 Å². The van der Waals surface area contributed by atoms with Gasteiger partial charge in [0.05, 0.1) is 0 Å². The van der Waals surface area contributed by atoms with Crippen molar-refractivity contribution in [2.45, 2.75) is 39.0 Å². The van der Waals surface area contributed by atoms with Gasteiger partial charge in [-0.05, 0) is 37.3 Å². The Balaban J connectivity index is 2.05. The zero-order valence-electron chi connectivity index (χ0n) is 11.7. The van der Waals surface area contributed by atoms with Gasteiger partial charge in [0.15, 0.2) is 0 Å².